The van der Waals surface area contributed by atoms with Crippen LogP contribution < -0.4 is 0 Å². The standard InChI is InChI=1S/C16H16O3/c1-2-19-16(18)15(17)14-10-8-13(9-11-14)12-6-4-3-5-7-12/h3-11,15,17H,2H2,1H3/t15-/m1/s1. The van der Waals surface area contributed by atoms with E-state index in [0.29, 0.717) is 5.56 Å². The summed E-state index contributed by atoms with van der Waals surface area (Å²) < 4.78 is 4.78. The normalized spacial score (nSPS) is 11.9. The highest BCUT2D eigenvalue weighted by atomic mass is 16.5. The van der Waals surface area contributed by atoms with Gasteiger partial charge in [0.25, 0.3) is 0 Å². The number of esters is 1. The van der Waals surface area contributed by atoms with Crippen LogP contribution in [0.4, 0.5) is 0 Å². The van der Waals surface area contributed by atoms with Crippen molar-refractivity contribution in [1.82, 2.24) is 0 Å². The highest BCUT2D eigenvalue weighted by molar-refractivity contribution is 5.76. The van der Waals surface area contributed by atoms with E-state index >= 15 is 0 Å². The highest BCUT2D eigenvalue weighted by Gasteiger charge is 2.18. The van der Waals surface area contributed by atoms with Crippen LogP contribution in [0.3, 0.4) is 0 Å². The largest absolute Gasteiger partial charge is 0.464 e. The molecule has 0 saturated carbocycles. The third-order valence-electron chi connectivity index (χ3n) is 2.84. The van der Waals surface area contributed by atoms with Crippen molar-refractivity contribution in [2.75, 3.05) is 6.61 Å². The average molecular weight is 256 g/mol. The molecule has 0 amide bonds. The lowest BCUT2D eigenvalue weighted by atomic mass is 10.0. The number of ether oxygens (including phenoxy) is 1. The molecule has 0 aromatic heterocycles. The highest BCUT2D eigenvalue weighted by Crippen LogP contribution is 2.22. The molecular formula is C16H16O3. The van der Waals surface area contributed by atoms with Crippen LogP contribution in [0.25, 0.3) is 11.1 Å². The van der Waals surface area contributed by atoms with E-state index in [4.69, 9.17) is 4.74 Å². The molecule has 0 radical (unpaired) electrons. The summed E-state index contributed by atoms with van der Waals surface area (Å²) in [5.41, 5.74) is 2.68. The molecule has 0 heterocycles. The molecule has 0 fully saturated rings. The zero-order valence-electron chi connectivity index (χ0n) is 10.7. The van der Waals surface area contributed by atoms with Gasteiger partial charge in [0, 0.05) is 0 Å². The van der Waals surface area contributed by atoms with E-state index < -0.39 is 12.1 Å². The van der Waals surface area contributed by atoms with Gasteiger partial charge in [-0.05, 0) is 23.6 Å². The first-order valence-corrected chi connectivity index (χ1v) is 6.22. The molecule has 1 atom stereocenters. The van der Waals surface area contributed by atoms with Gasteiger partial charge in [0.05, 0.1) is 6.61 Å². The van der Waals surface area contributed by atoms with Gasteiger partial charge in [0.1, 0.15) is 0 Å². The van der Waals surface area contributed by atoms with Crippen molar-refractivity contribution in [1.29, 1.82) is 0 Å². The fourth-order valence-corrected chi connectivity index (χ4v) is 1.85. The fraction of sp³-hybridized carbons (Fsp3) is 0.188. The number of hydrogen-bond acceptors (Lipinski definition) is 3. The third kappa shape index (κ3) is 3.20. The van der Waals surface area contributed by atoms with Crippen LogP contribution in [0.1, 0.15) is 18.6 Å². The van der Waals surface area contributed by atoms with E-state index in [9.17, 15) is 9.90 Å². The van der Waals surface area contributed by atoms with Crippen molar-refractivity contribution in [2.24, 2.45) is 0 Å². The minimum Gasteiger partial charge on any atom is -0.464 e. The lowest BCUT2D eigenvalue weighted by Crippen LogP contribution is -2.15. The monoisotopic (exact) mass is 256 g/mol. The molecular weight excluding hydrogens is 240 g/mol. The number of carbonyl (C=O) groups excluding carboxylic acids is 1. The Kier molecular flexibility index (Phi) is 4.31. The molecule has 0 saturated heterocycles. The maximum atomic E-state index is 11.4. The number of aliphatic hydroxyl groups is 1. The minimum absolute atomic E-state index is 0.262. The quantitative estimate of drug-likeness (QED) is 0.855. The molecule has 19 heavy (non-hydrogen) atoms. The van der Waals surface area contributed by atoms with Gasteiger partial charge in [0.15, 0.2) is 6.10 Å². The third-order valence-corrected chi connectivity index (χ3v) is 2.84. The van der Waals surface area contributed by atoms with Gasteiger partial charge in [-0.15, -0.1) is 0 Å². The zero-order valence-corrected chi connectivity index (χ0v) is 10.7. The number of carbonyl (C=O) groups is 1. The first-order chi connectivity index (χ1) is 9.22. The van der Waals surface area contributed by atoms with Gasteiger partial charge in [-0.2, -0.15) is 0 Å². The molecule has 0 bridgehead atoms. The predicted molar refractivity (Wildman–Crippen MR) is 73.5 cm³/mol. The van der Waals surface area contributed by atoms with Gasteiger partial charge < -0.3 is 9.84 Å². The maximum Gasteiger partial charge on any atom is 0.339 e. The van der Waals surface area contributed by atoms with Crippen molar-refractivity contribution in [3.05, 3.63) is 60.2 Å². The molecule has 0 spiro atoms. The summed E-state index contributed by atoms with van der Waals surface area (Å²) in [5.74, 6) is -0.616. The Morgan fingerprint density at radius 2 is 1.63 bits per heavy atom. The molecule has 0 aliphatic carbocycles. The van der Waals surface area contributed by atoms with Crippen LogP contribution in [0.2, 0.25) is 0 Å². The van der Waals surface area contributed by atoms with Crippen molar-refractivity contribution in [3.63, 3.8) is 0 Å². The Morgan fingerprint density at radius 3 is 2.21 bits per heavy atom. The first-order valence-electron chi connectivity index (χ1n) is 6.22. The van der Waals surface area contributed by atoms with Crippen LogP contribution in [0.15, 0.2) is 54.6 Å². The molecule has 3 nitrogen and oxygen atoms in total. The SMILES string of the molecule is CCOC(=O)[C@H](O)c1ccc(-c2ccccc2)cc1. The van der Waals surface area contributed by atoms with Gasteiger partial charge >= 0.3 is 5.97 Å². The summed E-state index contributed by atoms with van der Waals surface area (Å²) >= 11 is 0. The Bertz CT molecular complexity index is 532. The first kappa shape index (κ1) is 13.3. The number of hydrogen-bond donors (Lipinski definition) is 1. The molecule has 1 N–H and O–H groups in total. The molecule has 0 unspecified atom stereocenters. The average Bonchev–Trinajstić information content (AvgIpc) is 2.48. The van der Waals surface area contributed by atoms with E-state index in [1.54, 1.807) is 19.1 Å². The zero-order chi connectivity index (χ0) is 13.7. The second-order valence-corrected chi connectivity index (χ2v) is 4.14. The van der Waals surface area contributed by atoms with Gasteiger partial charge in [0.2, 0.25) is 0 Å². The van der Waals surface area contributed by atoms with E-state index in [1.807, 2.05) is 42.5 Å². The van der Waals surface area contributed by atoms with Crippen LogP contribution in [0.5, 0.6) is 0 Å². The Labute approximate surface area is 112 Å². The Hall–Kier alpha value is -2.13. The van der Waals surface area contributed by atoms with Gasteiger partial charge in [-0.25, -0.2) is 4.79 Å². The summed E-state index contributed by atoms with van der Waals surface area (Å²) in [6, 6.07) is 17.2. The van der Waals surface area contributed by atoms with E-state index in [2.05, 4.69) is 0 Å². The van der Waals surface area contributed by atoms with Crippen LogP contribution >= 0.6 is 0 Å². The molecule has 2 rings (SSSR count). The second kappa shape index (κ2) is 6.16. The lowest BCUT2D eigenvalue weighted by molar-refractivity contribution is -0.153. The van der Waals surface area contributed by atoms with Gasteiger partial charge in [-0.3, -0.25) is 0 Å². The Morgan fingerprint density at radius 1 is 1.05 bits per heavy atom. The van der Waals surface area contributed by atoms with Crippen molar-refractivity contribution >= 4 is 5.97 Å². The molecule has 98 valence electrons. The topological polar surface area (TPSA) is 46.5 Å². The van der Waals surface area contributed by atoms with E-state index in [1.165, 1.54) is 0 Å². The van der Waals surface area contributed by atoms with Crippen LogP contribution in [-0.2, 0) is 9.53 Å². The van der Waals surface area contributed by atoms with Crippen molar-refractivity contribution in [2.45, 2.75) is 13.0 Å². The maximum absolute atomic E-state index is 11.4. The molecule has 3 heteroatoms. The van der Waals surface area contributed by atoms with Crippen LogP contribution in [0, 0.1) is 0 Å². The molecule has 2 aromatic carbocycles. The fourth-order valence-electron chi connectivity index (χ4n) is 1.85. The summed E-state index contributed by atoms with van der Waals surface area (Å²) in [6.45, 7) is 1.97. The summed E-state index contributed by atoms with van der Waals surface area (Å²) in [6.07, 6.45) is -1.22. The van der Waals surface area contributed by atoms with E-state index in [0.717, 1.165) is 11.1 Å². The number of benzene rings is 2. The van der Waals surface area contributed by atoms with Crippen molar-refractivity contribution in [3.8, 4) is 11.1 Å². The predicted octanol–water partition coefficient (Wildman–Crippen LogP) is 2.95. The summed E-state index contributed by atoms with van der Waals surface area (Å²) in [7, 11) is 0. The van der Waals surface area contributed by atoms with E-state index in [-0.39, 0.29) is 6.61 Å². The van der Waals surface area contributed by atoms with Crippen LogP contribution in [-0.4, -0.2) is 17.7 Å². The van der Waals surface area contributed by atoms with Gasteiger partial charge in [-0.1, -0.05) is 54.6 Å². The Balaban J connectivity index is 2.17. The molecule has 0 aliphatic rings. The number of aliphatic hydroxyl groups excluding tert-OH is 1. The minimum atomic E-state index is -1.22. The van der Waals surface area contributed by atoms with Crippen molar-refractivity contribution < 1.29 is 14.6 Å². The summed E-state index contributed by atoms with van der Waals surface area (Å²) in [4.78, 5) is 11.4. The smallest absolute Gasteiger partial charge is 0.339 e. The molecule has 0 aliphatic heterocycles. The lowest BCUT2D eigenvalue weighted by Gasteiger charge is -2.10. The second-order valence-electron chi connectivity index (χ2n) is 4.14. The summed E-state index contributed by atoms with van der Waals surface area (Å²) in [5, 5.41) is 9.81. The number of rotatable bonds is 4. The molecule has 2 aromatic rings.